The number of carbonyl (C=O) groups excluding carboxylic acids is 1. The molecule has 1 aliphatic rings. The van der Waals surface area contributed by atoms with Crippen LogP contribution in [0.25, 0.3) is 6.08 Å². The predicted octanol–water partition coefficient (Wildman–Crippen LogP) is 3.42. The molecule has 0 aliphatic carbocycles. The Morgan fingerprint density at radius 1 is 1.28 bits per heavy atom. The quantitative estimate of drug-likeness (QED) is 0.395. The van der Waals surface area contributed by atoms with Gasteiger partial charge in [0.05, 0.1) is 28.5 Å². The van der Waals surface area contributed by atoms with Crippen LogP contribution in [0.1, 0.15) is 30.3 Å². The fraction of sp³-hybridized carbons (Fsp3) is 0.208. The van der Waals surface area contributed by atoms with Gasteiger partial charge in [-0.1, -0.05) is 42.2 Å². The van der Waals surface area contributed by atoms with Crippen molar-refractivity contribution < 1.29 is 14.3 Å². The minimum atomic E-state index is -0.648. The summed E-state index contributed by atoms with van der Waals surface area (Å²) in [6.07, 6.45) is 3.37. The summed E-state index contributed by atoms with van der Waals surface area (Å²) >= 11 is 2.87. The van der Waals surface area contributed by atoms with Crippen molar-refractivity contribution in [2.45, 2.75) is 19.9 Å². The van der Waals surface area contributed by atoms with E-state index in [-0.39, 0.29) is 12.2 Å². The smallest absolute Gasteiger partial charge is 0.338 e. The number of rotatable bonds is 7. The van der Waals surface area contributed by atoms with Crippen molar-refractivity contribution >= 4 is 34.7 Å². The van der Waals surface area contributed by atoms with Gasteiger partial charge in [-0.3, -0.25) is 9.36 Å². The fourth-order valence-corrected chi connectivity index (χ4v) is 5.30. The minimum Gasteiger partial charge on any atom is -0.494 e. The standard InChI is InChI=1S/C24H22N2O4S2/c1-4-12-30-23(28)20-15(3)25-24-26(21(20)16-8-10-17(11-9-16)29-5-2)22(27)19(32-24)14-18-7-6-13-31-18/h4,6-11,13-14,21H,1,5,12H2,2-3H3/b19-14-. The van der Waals surface area contributed by atoms with E-state index in [0.29, 0.717) is 27.2 Å². The second-order valence-corrected chi connectivity index (χ2v) is 8.97. The summed E-state index contributed by atoms with van der Waals surface area (Å²) in [4.78, 5) is 32.5. The zero-order valence-electron chi connectivity index (χ0n) is 17.7. The lowest BCUT2D eigenvalue weighted by atomic mass is 9.96. The number of fused-ring (bicyclic) bond motifs is 1. The van der Waals surface area contributed by atoms with Gasteiger partial charge in [-0.25, -0.2) is 9.79 Å². The minimum absolute atomic E-state index is 0.0778. The molecule has 0 N–H and O–H groups in total. The molecule has 164 valence electrons. The Hall–Kier alpha value is -3.23. The highest BCUT2D eigenvalue weighted by Gasteiger charge is 2.33. The first-order valence-corrected chi connectivity index (χ1v) is 11.8. The van der Waals surface area contributed by atoms with Crippen LogP contribution in [0.4, 0.5) is 0 Å². The van der Waals surface area contributed by atoms with Crippen LogP contribution in [0, 0.1) is 0 Å². The molecule has 0 saturated heterocycles. The van der Waals surface area contributed by atoms with E-state index in [4.69, 9.17) is 9.47 Å². The molecule has 1 aliphatic heterocycles. The number of benzene rings is 1. The summed E-state index contributed by atoms with van der Waals surface area (Å²) in [7, 11) is 0. The fourth-order valence-electron chi connectivity index (χ4n) is 3.53. The van der Waals surface area contributed by atoms with E-state index in [0.717, 1.165) is 16.2 Å². The van der Waals surface area contributed by atoms with Crippen molar-refractivity contribution in [3.8, 4) is 5.75 Å². The largest absolute Gasteiger partial charge is 0.494 e. The lowest BCUT2D eigenvalue weighted by Crippen LogP contribution is -2.39. The van der Waals surface area contributed by atoms with Crippen LogP contribution < -0.4 is 19.6 Å². The predicted molar refractivity (Wildman–Crippen MR) is 127 cm³/mol. The Labute approximate surface area is 193 Å². The number of allylic oxidation sites excluding steroid dienone is 1. The Morgan fingerprint density at radius 2 is 2.06 bits per heavy atom. The molecule has 0 bridgehead atoms. The number of hydrogen-bond donors (Lipinski definition) is 0. The molecule has 0 fully saturated rings. The summed E-state index contributed by atoms with van der Waals surface area (Å²) in [5.74, 6) is 0.204. The van der Waals surface area contributed by atoms with Gasteiger partial charge >= 0.3 is 5.97 Å². The summed E-state index contributed by atoms with van der Waals surface area (Å²) < 4.78 is 13.0. The monoisotopic (exact) mass is 466 g/mol. The van der Waals surface area contributed by atoms with Crippen LogP contribution in [-0.4, -0.2) is 23.8 Å². The molecule has 3 heterocycles. The molecule has 2 aromatic heterocycles. The second kappa shape index (κ2) is 9.50. The van der Waals surface area contributed by atoms with Gasteiger partial charge in [-0.05, 0) is 49.1 Å². The number of esters is 1. The SMILES string of the molecule is C=CCOC(=O)C1=C(C)N=c2s/c(=C\c3cccs3)c(=O)n2C1c1ccc(OCC)cc1. The number of thiazole rings is 1. The first kappa shape index (κ1) is 22.0. The molecule has 0 amide bonds. The van der Waals surface area contributed by atoms with E-state index >= 15 is 0 Å². The number of hydrogen-bond acceptors (Lipinski definition) is 7. The van der Waals surface area contributed by atoms with Crippen LogP contribution in [0.2, 0.25) is 0 Å². The first-order valence-electron chi connectivity index (χ1n) is 10.1. The summed E-state index contributed by atoms with van der Waals surface area (Å²) in [5.41, 5.74) is 1.45. The molecule has 1 unspecified atom stereocenters. The Kier molecular flexibility index (Phi) is 6.53. The molecular weight excluding hydrogens is 444 g/mol. The third-order valence-corrected chi connectivity index (χ3v) is 6.70. The van der Waals surface area contributed by atoms with Gasteiger partial charge in [0, 0.05) is 4.88 Å². The molecule has 0 spiro atoms. The summed E-state index contributed by atoms with van der Waals surface area (Å²) in [6, 6.07) is 10.6. The van der Waals surface area contributed by atoms with E-state index < -0.39 is 12.0 Å². The van der Waals surface area contributed by atoms with Crippen LogP contribution in [-0.2, 0) is 9.53 Å². The Bertz CT molecular complexity index is 1350. The van der Waals surface area contributed by atoms with Crippen molar-refractivity contribution in [2.75, 3.05) is 13.2 Å². The van der Waals surface area contributed by atoms with E-state index in [1.807, 2.05) is 54.8 Å². The topological polar surface area (TPSA) is 69.9 Å². The second-order valence-electron chi connectivity index (χ2n) is 6.99. The first-order chi connectivity index (χ1) is 15.5. The molecule has 1 aromatic carbocycles. The van der Waals surface area contributed by atoms with Crippen molar-refractivity contribution in [1.82, 2.24) is 4.57 Å². The zero-order chi connectivity index (χ0) is 22.7. The average Bonchev–Trinajstić information content (AvgIpc) is 3.40. The van der Waals surface area contributed by atoms with E-state index in [2.05, 4.69) is 11.6 Å². The highest BCUT2D eigenvalue weighted by atomic mass is 32.1. The number of nitrogens with zero attached hydrogens (tertiary/aromatic N) is 2. The van der Waals surface area contributed by atoms with Crippen LogP contribution in [0.15, 0.2) is 75.5 Å². The average molecular weight is 467 g/mol. The molecule has 8 heteroatoms. The van der Waals surface area contributed by atoms with Gasteiger partial charge in [0.1, 0.15) is 12.4 Å². The molecule has 6 nitrogen and oxygen atoms in total. The van der Waals surface area contributed by atoms with Crippen LogP contribution in [0.5, 0.6) is 5.75 Å². The van der Waals surface area contributed by atoms with Gasteiger partial charge in [0.15, 0.2) is 4.80 Å². The maximum absolute atomic E-state index is 13.5. The molecule has 32 heavy (non-hydrogen) atoms. The highest BCUT2D eigenvalue weighted by Crippen LogP contribution is 2.31. The van der Waals surface area contributed by atoms with Crippen molar-refractivity contribution in [1.29, 1.82) is 0 Å². The number of ether oxygens (including phenoxy) is 2. The van der Waals surface area contributed by atoms with Crippen LogP contribution in [0.3, 0.4) is 0 Å². The van der Waals surface area contributed by atoms with Crippen molar-refractivity contribution in [3.05, 3.63) is 95.8 Å². The molecule has 1 atom stereocenters. The van der Waals surface area contributed by atoms with E-state index in [9.17, 15) is 9.59 Å². The lowest BCUT2D eigenvalue weighted by molar-refractivity contribution is -0.138. The maximum atomic E-state index is 13.5. The molecular formula is C24H22N2O4S2. The van der Waals surface area contributed by atoms with E-state index in [1.165, 1.54) is 17.4 Å². The molecule has 3 aromatic rings. The van der Waals surface area contributed by atoms with Gasteiger partial charge < -0.3 is 9.47 Å². The zero-order valence-corrected chi connectivity index (χ0v) is 19.4. The number of thiophene rings is 1. The Morgan fingerprint density at radius 3 is 2.72 bits per heavy atom. The lowest BCUT2D eigenvalue weighted by Gasteiger charge is -2.24. The van der Waals surface area contributed by atoms with Crippen molar-refractivity contribution in [2.24, 2.45) is 4.99 Å². The summed E-state index contributed by atoms with van der Waals surface area (Å²) in [5, 5.41) is 1.96. The van der Waals surface area contributed by atoms with Crippen molar-refractivity contribution in [3.63, 3.8) is 0 Å². The van der Waals surface area contributed by atoms with Gasteiger partial charge in [0.2, 0.25) is 0 Å². The van der Waals surface area contributed by atoms with Crippen LogP contribution >= 0.6 is 22.7 Å². The normalized spacial score (nSPS) is 15.8. The summed E-state index contributed by atoms with van der Waals surface area (Å²) in [6.45, 7) is 7.91. The highest BCUT2D eigenvalue weighted by molar-refractivity contribution is 7.11. The number of aromatic nitrogens is 1. The molecule has 4 rings (SSSR count). The third kappa shape index (κ3) is 4.24. The third-order valence-electron chi connectivity index (χ3n) is 4.90. The van der Waals surface area contributed by atoms with Gasteiger partial charge in [0.25, 0.3) is 5.56 Å². The van der Waals surface area contributed by atoms with E-state index in [1.54, 1.807) is 22.8 Å². The molecule has 0 saturated carbocycles. The Balaban J connectivity index is 1.90. The molecule has 0 radical (unpaired) electrons. The van der Waals surface area contributed by atoms with Gasteiger partial charge in [-0.15, -0.1) is 11.3 Å². The van der Waals surface area contributed by atoms with Gasteiger partial charge in [-0.2, -0.15) is 0 Å². The number of carbonyl (C=O) groups is 1. The maximum Gasteiger partial charge on any atom is 0.338 e.